The van der Waals surface area contributed by atoms with Gasteiger partial charge in [-0.15, -0.1) is 0 Å². The van der Waals surface area contributed by atoms with E-state index < -0.39 is 26.6 Å². The van der Waals surface area contributed by atoms with Gasteiger partial charge >= 0.3 is 0 Å². The van der Waals surface area contributed by atoms with E-state index in [1.807, 2.05) is 6.92 Å². The molecule has 1 aromatic rings. The fourth-order valence-corrected chi connectivity index (χ4v) is 3.88. The number of rotatable bonds is 3. The van der Waals surface area contributed by atoms with E-state index in [4.69, 9.17) is 5.73 Å². The Hall–Kier alpha value is -1.05. The van der Waals surface area contributed by atoms with Crippen LogP contribution in [-0.2, 0) is 16.6 Å². The molecule has 4 nitrogen and oxygen atoms in total. The maximum absolute atomic E-state index is 13.8. The molecule has 0 aliphatic carbocycles. The Bertz CT molecular complexity index is 597. The first-order chi connectivity index (χ1) is 9.36. The molecule has 1 heterocycles. The second-order valence-corrected chi connectivity index (χ2v) is 7.09. The molecule has 0 unspecified atom stereocenters. The number of halogens is 2. The minimum atomic E-state index is -4.01. The van der Waals surface area contributed by atoms with Crippen LogP contribution in [0.5, 0.6) is 0 Å². The van der Waals surface area contributed by atoms with Crippen molar-refractivity contribution in [3.8, 4) is 0 Å². The summed E-state index contributed by atoms with van der Waals surface area (Å²) in [5, 5.41) is 0. The summed E-state index contributed by atoms with van der Waals surface area (Å²) >= 11 is 0. The Balaban J connectivity index is 2.41. The molecule has 0 aromatic heterocycles. The van der Waals surface area contributed by atoms with Crippen molar-refractivity contribution < 1.29 is 17.2 Å². The van der Waals surface area contributed by atoms with Crippen LogP contribution in [0.3, 0.4) is 0 Å². The van der Waals surface area contributed by atoms with Crippen LogP contribution in [0, 0.1) is 17.6 Å². The molecule has 112 valence electrons. The van der Waals surface area contributed by atoms with Gasteiger partial charge < -0.3 is 5.73 Å². The van der Waals surface area contributed by atoms with Gasteiger partial charge in [0.05, 0.1) is 0 Å². The quantitative estimate of drug-likeness (QED) is 0.927. The third kappa shape index (κ3) is 2.84. The molecule has 0 spiro atoms. The minimum absolute atomic E-state index is 0.0449. The van der Waals surface area contributed by atoms with Gasteiger partial charge in [0.15, 0.2) is 11.6 Å². The topological polar surface area (TPSA) is 63.4 Å². The second kappa shape index (κ2) is 5.75. The van der Waals surface area contributed by atoms with Crippen LogP contribution in [0.2, 0.25) is 0 Å². The average molecular weight is 304 g/mol. The first-order valence-electron chi connectivity index (χ1n) is 6.54. The number of piperidine rings is 1. The van der Waals surface area contributed by atoms with Crippen molar-refractivity contribution in [2.24, 2.45) is 11.7 Å². The Labute approximate surface area is 117 Å². The zero-order valence-electron chi connectivity index (χ0n) is 11.3. The summed E-state index contributed by atoms with van der Waals surface area (Å²) in [7, 11) is -4.01. The molecule has 1 aromatic carbocycles. The Morgan fingerprint density at radius 2 is 1.90 bits per heavy atom. The highest BCUT2D eigenvalue weighted by Gasteiger charge is 2.31. The highest BCUT2D eigenvalue weighted by atomic mass is 32.2. The van der Waals surface area contributed by atoms with Gasteiger partial charge in [-0.2, -0.15) is 4.31 Å². The zero-order chi connectivity index (χ0) is 14.9. The van der Waals surface area contributed by atoms with Gasteiger partial charge in [0.25, 0.3) is 0 Å². The number of benzene rings is 1. The number of hydrogen-bond donors (Lipinski definition) is 1. The van der Waals surface area contributed by atoms with Crippen molar-refractivity contribution in [1.82, 2.24) is 4.31 Å². The zero-order valence-corrected chi connectivity index (χ0v) is 12.1. The molecule has 1 aliphatic rings. The smallest absolute Gasteiger partial charge is 0.246 e. The predicted octanol–water partition coefficient (Wildman–Crippen LogP) is 1.84. The molecular weight excluding hydrogens is 286 g/mol. The third-order valence-corrected chi connectivity index (χ3v) is 5.55. The molecule has 2 N–H and O–H groups in total. The Kier molecular flexibility index (Phi) is 4.41. The van der Waals surface area contributed by atoms with Gasteiger partial charge in [0.2, 0.25) is 10.0 Å². The maximum atomic E-state index is 13.8. The molecule has 1 saturated heterocycles. The van der Waals surface area contributed by atoms with E-state index in [0.29, 0.717) is 19.0 Å². The van der Waals surface area contributed by atoms with E-state index in [1.165, 1.54) is 4.31 Å². The van der Waals surface area contributed by atoms with E-state index in [2.05, 4.69) is 0 Å². The number of nitrogens with zero attached hydrogens (tertiary/aromatic N) is 1. The largest absolute Gasteiger partial charge is 0.326 e. The van der Waals surface area contributed by atoms with E-state index in [9.17, 15) is 17.2 Å². The predicted molar refractivity (Wildman–Crippen MR) is 71.4 cm³/mol. The summed E-state index contributed by atoms with van der Waals surface area (Å²) in [4.78, 5) is -0.618. The van der Waals surface area contributed by atoms with Crippen LogP contribution in [0.25, 0.3) is 0 Å². The standard InChI is InChI=1S/C13H18F2N2O2S/c1-9-2-4-17(5-3-9)20(18,19)12-7-10(8-16)6-11(14)13(12)15/h6-7,9H,2-5,8,16H2,1H3. The molecule has 0 radical (unpaired) electrons. The van der Waals surface area contributed by atoms with Crippen LogP contribution in [0.15, 0.2) is 17.0 Å². The lowest BCUT2D eigenvalue weighted by Gasteiger charge is -2.29. The van der Waals surface area contributed by atoms with E-state index >= 15 is 0 Å². The highest BCUT2D eigenvalue weighted by Crippen LogP contribution is 2.27. The lowest BCUT2D eigenvalue weighted by atomic mass is 10.0. The summed E-state index contributed by atoms with van der Waals surface area (Å²) < 4.78 is 53.3. The average Bonchev–Trinajstić information content (AvgIpc) is 2.42. The minimum Gasteiger partial charge on any atom is -0.326 e. The lowest BCUT2D eigenvalue weighted by Crippen LogP contribution is -2.38. The highest BCUT2D eigenvalue weighted by molar-refractivity contribution is 7.89. The normalized spacial score (nSPS) is 18.4. The maximum Gasteiger partial charge on any atom is 0.246 e. The number of sulfonamides is 1. The molecule has 0 saturated carbocycles. The molecule has 1 fully saturated rings. The van der Waals surface area contributed by atoms with Gasteiger partial charge in [0.1, 0.15) is 4.90 Å². The molecule has 20 heavy (non-hydrogen) atoms. The van der Waals surface area contributed by atoms with Crippen LogP contribution in [-0.4, -0.2) is 25.8 Å². The molecular formula is C13H18F2N2O2S. The van der Waals surface area contributed by atoms with E-state index in [-0.39, 0.29) is 12.1 Å². The summed E-state index contributed by atoms with van der Waals surface area (Å²) in [6.45, 7) is 2.66. The summed E-state index contributed by atoms with van der Waals surface area (Å²) in [5.74, 6) is -2.07. The first kappa shape index (κ1) is 15.3. The van der Waals surface area contributed by atoms with Crippen LogP contribution in [0.4, 0.5) is 8.78 Å². The Morgan fingerprint density at radius 3 is 2.45 bits per heavy atom. The number of nitrogens with two attached hydrogens (primary N) is 1. The molecule has 0 amide bonds. The number of hydrogen-bond acceptors (Lipinski definition) is 3. The van der Waals surface area contributed by atoms with Crippen molar-refractivity contribution in [3.05, 3.63) is 29.3 Å². The molecule has 0 atom stereocenters. The summed E-state index contributed by atoms with van der Waals surface area (Å²) in [6.07, 6.45) is 1.44. The van der Waals surface area contributed by atoms with Crippen molar-refractivity contribution in [1.29, 1.82) is 0 Å². The van der Waals surface area contributed by atoms with E-state index in [1.54, 1.807) is 0 Å². The van der Waals surface area contributed by atoms with Gasteiger partial charge in [-0.3, -0.25) is 0 Å². The fraction of sp³-hybridized carbons (Fsp3) is 0.538. The van der Waals surface area contributed by atoms with Crippen molar-refractivity contribution >= 4 is 10.0 Å². The van der Waals surface area contributed by atoms with Crippen LogP contribution >= 0.6 is 0 Å². The molecule has 0 bridgehead atoms. The van der Waals surface area contributed by atoms with Gasteiger partial charge in [-0.1, -0.05) is 6.92 Å². The van der Waals surface area contributed by atoms with Gasteiger partial charge in [0, 0.05) is 19.6 Å². The van der Waals surface area contributed by atoms with Gasteiger partial charge in [-0.25, -0.2) is 17.2 Å². The SMILES string of the molecule is CC1CCN(S(=O)(=O)c2cc(CN)cc(F)c2F)CC1. The van der Waals surface area contributed by atoms with E-state index in [0.717, 1.165) is 25.0 Å². The van der Waals surface area contributed by atoms with Gasteiger partial charge in [-0.05, 0) is 36.5 Å². The van der Waals surface area contributed by atoms with Crippen LogP contribution in [0.1, 0.15) is 25.3 Å². The molecule has 2 rings (SSSR count). The van der Waals surface area contributed by atoms with Crippen molar-refractivity contribution in [2.75, 3.05) is 13.1 Å². The first-order valence-corrected chi connectivity index (χ1v) is 7.98. The fourth-order valence-electron chi connectivity index (χ4n) is 2.29. The Morgan fingerprint density at radius 1 is 1.30 bits per heavy atom. The monoisotopic (exact) mass is 304 g/mol. The summed E-state index contributed by atoms with van der Waals surface area (Å²) in [5.41, 5.74) is 5.64. The second-order valence-electron chi connectivity index (χ2n) is 5.18. The summed E-state index contributed by atoms with van der Waals surface area (Å²) in [6, 6.07) is 2.04. The van der Waals surface area contributed by atoms with Crippen molar-refractivity contribution in [3.63, 3.8) is 0 Å². The van der Waals surface area contributed by atoms with Crippen LogP contribution < -0.4 is 5.73 Å². The van der Waals surface area contributed by atoms with Crippen molar-refractivity contribution in [2.45, 2.75) is 31.2 Å². The molecule has 7 heteroatoms. The third-order valence-electron chi connectivity index (χ3n) is 3.65. The molecule has 1 aliphatic heterocycles. The lowest BCUT2D eigenvalue weighted by molar-refractivity contribution is 0.287.